The van der Waals surface area contributed by atoms with Crippen LogP contribution in [-0.2, 0) is 0 Å². The SMILES string of the molecule is NC(=S)c1cnc(N2CCCC(O)C2)cn1. The van der Waals surface area contributed by atoms with Gasteiger partial charge in [-0.15, -0.1) is 0 Å². The molecule has 2 heterocycles. The molecule has 0 aromatic carbocycles. The fourth-order valence-electron chi connectivity index (χ4n) is 1.77. The van der Waals surface area contributed by atoms with Gasteiger partial charge >= 0.3 is 0 Å². The number of nitrogens with two attached hydrogens (primary N) is 1. The number of aliphatic hydroxyl groups excluding tert-OH is 1. The number of aliphatic hydroxyl groups is 1. The summed E-state index contributed by atoms with van der Waals surface area (Å²) in [6, 6.07) is 0. The van der Waals surface area contributed by atoms with Crippen LogP contribution < -0.4 is 10.6 Å². The monoisotopic (exact) mass is 238 g/mol. The number of rotatable bonds is 2. The van der Waals surface area contributed by atoms with Gasteiger partial charge < -0.3 is 15.7 Å². The van der Waals surface area contributed by atoms with Crippen LogP contribution in [0.15, 0.2) is 12.4 Å². The van der Waals surface area contributed by atoms with E-state index in [1.807, 2.05) is 4.90 Å². The molecular formula is C10H14N4OS. The third kappa shape index (κ3) is 2.45. The van der Waals surface area contributed by atoms with E-state index in [1.165, 1.54) is 0 Å². The van der Waals surface area contributed by atoms with Gasteiger partial charge in [0, 0.05) is 13.1 Å². The quantitative estimate of drug-likeness (QED) is 0.710. The molecule has 16 heavy (non-hydrogen) atoms. The third-order valence-corrected chi connectivity index (χ3v) is 2.82. The minimum Gasteiger partial charge on any atom is -0.391 e. The van der Waals surface area contributed by atoms with Crippen molar-refractivity contribution in [1.29, 1.82) is 0 Å². The van der Waals surface area contributed by atoms with E-state index in [2.05, 4.69) is 9.97 Å². The average molecular weight is 238 g/mol. The molecule has 0 amide bonds. The molecule has 0 spiro atoms. The van der Waals surface area contributed by atoms with Gasteiger partial charge in [0.2, 0.25) is 0 Å². The predicted molar refractivity (Wildman–Crippen MR) is 65.4 cm³/mol. The second-order valence-electron chi connectivity index (χ2n) is 3.87. The number of β-amino-alcohol motifs (C(OH)–C–C–N with tert-alkyl or cyclic N) is 1. The van der Waals surface area contributed by atoms with Gasteiger partial charge in [0.15, 0.2) is 0 Å². The van der Waals surface area contributed by atoms with Crippen molar-refractivity contribution in [1.82, 2.24) is 9.97 Å². The Morgan fingerprint density at radius 2 is 2.31 bits per heavy atom. The van der Waals surface area contributed by atoms with Crippen molar-refractivity contribution in [2.45, 2.75) is 18.9 Å². The minimum absolute atomic E-state index is 0.248. The highest BCUT2D eigenvalue weighted by Crippen LogP contribution is 2.16. The molecular weight excluding hydrogens is 224 g/mol. The number of hydrogen-bond acceptors (Lipinski definition) is 5. The lowest BCUT2D eigenvalue weighted by Gasteiger charge is -2.30. The van der Waals surface area contributed by atoms with Crippen molar-refractivity contribution in [3.63, 3.8) is 0 Å². The molecule has 1 saturated heterocycles. The molecule has 0 radical (unpaired) electrons. The molecule has 1 fully saturated rings. The molecule has 1 aromatic rings. The summed E-state index contributed by atoms with van der Waals surface area (Å²) >= 11 is 4.80. The molecule has 1 aliphatic heterocycles. The van der Waals surface area contributed by atoms with Crippen LogP contribution in [0.1, 0.15) is 18.5 Å². The van der Waals surface area contributed by atoms with Crippen LogP contribution in [-0.4, -0.2) is 39.3 Å². The number of hydrogen-bond donors (Lipinski definition) is 2. The minimum atomic E-state index is -0.272. The van der Waals surface area contributed by atoms with Crippen LogP contribution in [0.5, 0.6) is 0 Å². The van der Waals surface area contributed by atoms with Crippen molar-refractivity contribution < 1.29 is 5.11 Å². The van der Waals surface area contributed by atoms with Crippen molar-refractivity contribution in [3.8, 4) is 0 Å². The van der Waals surface area contributed by atoms with E-state index in [9.17, 15) is 5.11 Å². The molecule has 2 rings (SSSR count). The summed E-state index contributed by atoms with van der Waals surface area (Å²) in [5, 5.41) is 9.55. The Morgan fingerprint density at radius 3 is 2.88 bits per heavy atom. The van der Waals surface area contributed by atoms with Gasteiger partial charge in [0.25, 0.3) is 0 Å². The van der Waals surface area contributed by atoms with E-state index in [1.54, 1.807) is 12.4 Å². The maximum Gasteiger partial charge on any atom is 0.147 e. The number of anilines is 1. The topological polar surface area (TPSA) is 75.3 Å². The van der Waals surface area contributed by atoms with Crippen molar-refractivity contribution >= 4 is 23.0 Å². The third-order valence-electron chi connectivity index (χ3n) is 2.61. The van der Waals surface area contributed by atoms with E-state index in [0.29, 0.717) is 12.2 Å². The summed E-state index contributed by atoms with van der Waals surface area (Å²) in [5.41, 5.74) is 5.96. The lowest BCUT2D eigenvalue weighted by atomic mass is 10.1. The standard InChI is InChI=1S/C10H14N4OS/c11-10(16)8-4-13-9(5-12-8)14-3-1-2-7(15)6-14/h4-5,7,15H,1-3,6H2,(H2,11,16). The van der Waals surface area contributed by atoms with Gasteiger partial charge in [-0.25, -0.2) is 9.97 Å². The van der Waals surface area contributed by atoms with Crippen molar-refractivity contribution in [2.24, 2.45) is 5.73 Å². The summed E-state index contributed by atoms with van der Waals surface area (Å²) in [6.07, 6.45) is 4.77. The van der Waals surface area contributed by atoms with Gasteiger partial charge in [-0.2, -0.15) is 0 Å². The average Bonchev–Trinajstić information content (AvgIpc) is 2.29. The number of thiocarbonyl (C=S) groups is 1. The zero-order valence-corrected chi connectivity index (χ0v) is 9.65. The highest BCUT2D eigenvalue weighted by atomic mass is 32.1. The first-order chi connectivity index (χ1) is 7.66. The first-order valence-electron chi connectivity index (χ1n) is 5.21. The van der Waals surface area contributed by atoms with Crippen LogP contribution in [0.3, 0.4) is 0 Å². The van der Waals surface area contributed by atoms with Crippen LogP contribution in [0.4, 0.5) is 5.82 Å². The van der Waals surface area contributed by atoms with E-state index < -0.39 is 0 Å². The Bertz CT molecular complexity index is 381. The second-order valence-corrected chi connectivity index (χ2v) is 4.31. The Labute approximate surface area is 99.3 Å². The smallest absolute Gasteiger partial charge is 0.147 e. The normalized spacial score (nSPS) is 20.8. The molecule has 3 N–H and O–H groups in total. The number of aromatic nitrogens is 2. The van der Waals surface area contributed by atoms with E-state index in [4.69, 9.17) is 18.0 Å². The number of piperidine rings is 1. The Kier molecular flexibility index (Phi) is 3.31. The van der Waals surface area contributed by atoms with E-state index in [0.717, 1.165) is 25.2 Å². The Balaban J connectivity index is 2.11. The molecule has 86 valence electrons. The van der Waals surface area contributed by atoms with Crippen LogP contribution in [0.2, 0.25) is 0 Å². The molecule has 0 saturated carbocycles. The summed E-state index contributed by atoms with van der Waals surface area (Å²) < 4.78 is 0. The second kappa shape index (κ2) is 4.71. The first kappa shape index (κ1) is 11.2. The van der Waals surface area contributed by atoms with Gasteiger partial charge in [0.05, 0.1) is 18.5 Å². The van der Waals surface area contributed by atoms with Crippen molar-refractivity contribution in [3.05, 3.63) is 18.1 Å². The summed E-state index contributed by atoms with van der Waals surface area (Å²) in [7, 11) is 0. The van der Waals surface area contributed by atoms with Gasteiger partial charge in [0.1, 0.15) is 16.5 Å². The lowest BCUT2D eigenvalue weighted by molar-refractivity contribution is 0.154. The highest BCUT2D eigenvalue weighted by molar-refractivity contribution is 7.80. The molecule has 1 unspecified atom stereocenters. The molecule has 6 heteroatoms. The maximum atomic E-state index is 9.55. The zero-order chi connectivity index (χ0) is 11.5. The fourth-order valence-corrected chi connectivity index (χ4v) is 1.88. The molecule has 1 aliphatic rings. The summed E-state index contributed by atoms with van der Waals surface area (Å²) in [4.78, 5) is 10.6. The Morgan fingerprint density at radius 1 is 1.50 bits per heavy atom. The maximum absolute atomic E-state index is 9.55. The first-order valence-corrected chi connectivity index (χ1v) is 5.62. The zero-order valence-electron chi connectivity index (χ0n) is 8.83. The molecule has 0 aliphatic carbocycles. The highest BCUT2D eigenvalue weighted by Gasteiger charge is 2.18. The Hall–Kier alpha value is -1.27. The van der Waals surface area contributed by atoms with Crippen LogP contribution >= 0.6 is 12.2 Å². The number of nitrogens with zero attached hydrogens (tertiary/aromatic N) is 3. The molecule has 0 bridgehead atoms. The van der Waals surface area contributed by atoms with Gasteiger partial charge in [-0.1, -0.05) is 12.2 Å². The lowest BCUT2D eigenvalue weighted by Crippen LogP contribution is -2.38. The van der Waals surface area contributed by atoms with Crippen LogP contribution in [0.25, 0.3) is 0 Å². The van der Waals surface area contributed by atoms with Gasteiger partial charge in [-0.3, -0.25) is 0 Å². The largest absolute Gasteiger partial charge is 0.391 e. The fraction of sp³-hybridized carbons (Fsp3) is 0.500. The molecule has 1 aromatic heterocycles. The van der Waals surface area contributed by atoms with Gasteiger partial charge in [-0.05, 0) is 12.8 Å². The summed E-state index contributed by atoms with van der Waals surface area (Å²) in [5.74, 6) is 0.763. The van der Waals surface area contributed by atoms with Crippen LogP contribution in [0, 0.1) is 0 Å². The molecule has 1 atom stereocenters. The van der Waals surface area contributed by atoms with E-state index in [-0.39, 0.29) is 11.1 Å². The predicted octanol–water partition coefficient (Wildman–Crippen LogP) is 0.0719. The van der Waals surface area contributed by atoms with Crippen molar-refractivity contribution in [2.75, 3.05) is 18.0 Å². The molecule has 5 nitrogen and oxygen atoms in total. The summed E-state index contributed by atoms with van der Waals surface area (Å²) in [6.45, 7) is 1.51. The van der Waals surface area contributed by atoms with E-state index >= 15 is 0 Å².